The topological polar surface area (TPSA) is 90.1 Å². The quantitative estimate of drug-likeness (QED) is 0.367. The Balaban J connectivity index is 1.51. The van der Waals surface area contributed by atoms with Gasteiger partial charge in [-0.15, -0.1) is 11.8 Å². The van der Waals surface area contributed by atoms with Crippen molar-refractivity contribution in [2.24, 2.45) is 0 Å². The number of non-ortho nitro benzene ring substituents is 1. The molecular weight excluding hydrogens is 364 g/mol. The number of aromatic nitrogens is 2. The lowest BCUT2D eigenvalue weighted by atomic mass is 10.1. The van der Waals surface area contributed by atoms with E-state index in [4.69, 9.17) is 0 Å². The molecular formula is C19H18N4O3S. The van der Waals surface area contributed by atoms with Crippen molar-refractivity contribution in [1.29, 1.82) is 0 Å². The number of hydrogen-bond donors (Lipinski definition) is 1. The van der Waals surface area contributed by atoms with Gasteiger partial charge in [0, 0.05) is 36.0 Å². The van der Waals surface area contributed by atoms with Gasteiger partial charge in [0.25, 0.3) is 5.69 Å². The fourth-order valence-electron chi connectivity index (χ4n) is 2.51. The minimum Gasteiger partial charge on any atom is -0.351 e. The van der Waals surface area contributed by atoms with Crippen LogP contribution < -0.4 is 5.32 Å². The SMILES string of the molecule is O=C(CSc1ccc([N+](=O)[O-])cc1)NCc1ccccc1Cn1cccn1. The minimum atomic E-state index is -0.443. The van der Waals surface area contributed by atoms with Gasteiger partial charge in [0.15, 0.2) is 0 Å². The standard InChI is InChI=1S/C19H18N4O3S/c24-19(14-27-18-8-6-17(7-9-18)23(25)26)20-12-15-4-1-2-5-16(15)13-22-11-3-10-21-22/h1-11H,12-14H2,(H,20,24). The largest absolute Gasteiger partial charge is 0.351 e. The number of nitrogens with one attached hydrogen (secondary N) is 1. The zero-order chi connectivity index (χ0) is 19.1. The highest BCUT2D eigenvalue weighted by Crippen LogP contribution is 2.21. The first-order chi connectivity index (χ1) is 13.1. The first kappa shape index (κ1) is 18.7. The van der Waals surface area contributed by atoms with Crippen LogP contribution in [0.1, 0.15) is 11.1 Å². The summed E-state index contributed by atoms with van der Waals surface area (Å²) in [5.41, 5.74) is 2.18. The number of amides is 1. The lowest BCUT2D eigenvalue weighted by molar-refractivity contribution is -0.384. The number of hydrogen-bond acceptors (Lipinski definition) is 5. The lowest BCUT2D eigenvalue weighted by Crippen LogP contribution is -2.25. The molecule has 0 aliphatic heterocycles. The minimum absolute atomic E-state index is 0.0394. The van der Waals surface area contributed by atoms with Crippen LogP contribution in [-0.4, -0.2) is 26.4 Å². The molecule has 27 heavy (non-hydrogen) atoms. The van der Waals surface area contributed by atoms with E-state index in [0.717, 1.165) is 16.0 Å². The van der Waals surface area contributed by atoms with Gasteiger partial charge in [-0.05, 0) is 29.3 Å². The van der Waals surface area contributed by atoms with E-state index in [0.29, 0.717) is 13.1 Å². The van der Waals surface area contributed by atoms with E-state index < -0.39 is 4.92 Å². The van der Waals surface area contributed by atoms with E-state index >= 15 is 0 Å². The number of carbonyl (C=O) groups is 1. The van der Waals surface area contributed by atoms with E-state index in [9.17, 15) is 14.9 Å². The van der Waals surface area contributed by atoms with Crippen LogP contribution in [0.15, 0.2) is 71.9 Å². The summed E-state index contributed by atoms with van der Waals surface area (Å²) in [6.45, 7) is 1.09. The van der Waals surface area contributed by atoms with Crippen LogP contribution in [0.25, 0.3) is 0 Å². The molecule has 3 rings (SSSR count). The van der Waals surface area contributed by atoms with Crippen molar-refractivity contribution in [3.8, 4) is 0 Å². The summed E-state index contributed by atoms with van der Waals surface area (Å²) in [7, 11) is 0. The zero-order valence-corrected chi connectivity index (χ0v) is 15.3. The van der Waals surface area contributed by atoms with Crippen LogP contribution in [0.4, 0.5) is 5.69 Å². The van der Waals surface area contributed by atoms with E-state index in [1.165, 1.54) is 23.9 Å². The number of nitrogens with zero attached hydrogens (tertiary/aromatic N) is 3. The second kappa shape index (κ2) is 9.00. The fraction of sp³-hybridized carbons (Fsp3) is 0.158. The Labute approximate surface area is 160 Å². The molecule has 3 aromatic rings. The summed E-state index contributed by atoms with van der Waals surface area (Å²) in [5, 5.41) is 17.8. The van der Waals surface area contributed by atoms with Crippen molar-refractivity contribution < 1.29 is 9.72 Å². The van der Waals surface area contributed by atoms with Gasteiger partial charge < -0.3 is 5.32 Å². The Kier molecular flexibility index (Phi) is 6.22. The van der Waals surface area contributed by atoms with Gasteiger partial charge >= 0.3 is 0 Å². The molecule has 7 nitrogen and oxygen atoms in total. The van der Waals surface area contributed by atoms with Crippen molar-refractivity contribution in [1.82, 2.24) is 15.1 Å². The number of nitro benzene ring substituents is 1. The maximum absolute atomic E-state index is 12.1. The molecule has 0 atom stereocenters. The molecule has 0 saturated heterocycles. The van der Waals surface area contributed by atoms with Crippen LogP contribution in [0.5, 0.6) is 0 Å². The van der Waals surface area contributed by atoms with Crippen molar-refractivity contribution >= 4 is 23.4 Å². The fourth-order valence-corrected chi connectivity index (χ4v) is 3.24. The van der Waals surface area contributed by atoms with Gasteiger partial charge in [-0.3, -0.25) is 19.6 Å². The summed E-state index contributed by atoms with van der Waals surface area (Å²) < 4.78 is 1.84. The molecule has 0 spiro atoms. The highest BCUT2D eigenvalue weighted by Gasteiger charge is 2.08. The summed E-state index contributed by atoms with van der Waals surface area (Å²) in [6.07, 6.45) is 3.63. The van der Waals surface area contributed by atoms with Crippen LogP contribution in [0, 0.1) is 10.1 Å². The summed E-state index contributed by atoms with van der Waals surface area (Å²) in [4.78, 5) is 23.2. The highest BCUT2D eigenvalue weighted by molar-refractivity contribution is 8.00. The molecule has 1 aromatic heterocycles. The molecule has 1 N–H and O–H groups in total. The molecule has 8 heteroatoms. The number of carbonyl (C=O) groups excluding carboxylic acids is 1. The van der Waals surface area contributed by atoms with Gasteiger partial charge in [0.2, 0.25) is 5.91 Å². The van der Waals surface area contributed by atoms with E-state index in [2.05, 4.69) is 10.4 Å². The average Bonchev–Trinajstić information content (AvgIpc) is 3.19. The van der Waals surface area contributed by atoms with Crippen molar-refractivity contribution in [3.05, 3.63) is 88.2 Å². The van der Waals surface area contributed by atoms with E-state index in [1.807, 2.05) is 41.2 Å². The molecule has 1 heterocycles. The van der Waals surface area contributed by atoms with Crippen molar-refractivity contribution in [2.75, 3.05) is 5.75 Å². The van der Waals surface area contributed by atoms with Crippen LogP contribution in [0.3, 0.4) is 0 Å². The molecule has 1 amide bonds. The third kappa shape index (κ3) is 5.42. The van der Waals surface area contributed by atoms with Crippen LogP contribution in [0.2, 0.25) is 0 Å². The van der Waals surface area contributed by atoms with Gasteiger partial charge in [-0.1, -0.05) is 24.3 Å². The molecule has 0 aliphatic rings. The van der Waals surface area contributed by atoms with Gasteiger partial charge in [0.1, 0.15) is 0 Å². The predicted octanol–water partition coefficient (Wildman–Crippen LogP) is 3.25. The summed E-state index contributed by atoms with van der Waals surface area (Å²) in [6, 6.07) is 16.0. The zero-order valence-electron chi connectivity index (χ0n) is 14.4. The highest BCUT2D eigenvalue weighted by atomic mass is 32.2. The van der Waals surface area contributed by atoms with Gasteiger partial charge in [-0.2, -0.15) is 5.10 Å². The molecule has 0 aliphatic carbocycles. The Morgan fingerprint density at radius 1 is 1.11 bits per heavy atom. The molecule has 0 unspecified atom stereocenters. The smallest absolute Gasteiger partial charge is 0.269 e. The summed E-state index contributed by atoms with van der Waals surface area (Å²) >= 11 is 1.34. The Bertz CT molecular complexity index is 911. The van der Waals surface area contributed by atoms with Gasteiger partial charge in [0.05, 0.1) is 17.2 Å². The van der Waals surface area contributed by atoms with E-state index in [1.54, 1.807) is 18.3 Å². The lowest BCUT2D eigenvalue weighted by Gasteiger charge is -2.11. The predicted molar refractivity (Wildman–Crippen MR) is 103 cm³/mol. The van der Waals surface area contributed by atoms with Gasteiger partial charge in [-0.25, -0.2) is 0 Å². The maximum Gasteiger partial charge on any atom is 0.269 e. The normalized spacial score (nSPS) is 10.5. The maximum atomic E-state index is 12.1. The second-order valence-electron chi connectivity index (χ2n) is 5.79. The first-order valence-corrected chi connectivity index (χ1v) is 9.28. The second-order valence-corrected chi connectivity index (χ2v) is 6.84. The van der Waals surface area contributed by atoms with Crippen LogP contribution >= 0.6 is 11.8 Å². The monoisotopic (exact) mass is 382 g/mol. The van der Waals surface area contributed by atoms with Crippen molar-refractivity contribution in [3.63, 3.8) is 0 Å². The average molecular weight is 382 g/mol. The molecule has 138 valence electrons. The third-order valence-corrected chi connectivity index (χ3v) is 4.92. The Morgan fingerprint density at radius 3 is 2.52 bits per heavy atom. The Morgan fingerprint density at radius 2 is 1.85 bits per heavy atom. The van der Waals surface area contributed by atoms with E-state index in [-0.39, 0.29) is 17.3 Å². The third-order valence-electron chi connectivity index (χ3n) is 3.90. The molecule has 2 aromatic carbocycles. The number of nitro groups is 1. The summed E-state index contributed by atoms with van der Waals surface area (Å²) in [5.74, 6) is 0.159. The Hall–Kier alpha value is -3.13. The van der Waals surface area contributed by atoms with Crippen LogP contribution in [-0.2, 0) is 17.9 Å². The first-order valence-electron chi connectivity index (χ1n) is 8.30. The molecule has 0 fully saturated rings. The number of thioether (sulfide) groups is 1. The number of benzene rings is 2. The van der Waals surface area contributed by atoms with Crippen molar-refractivity contribution in [2.45, 2.75) is 18.0 Å². The molecule has 0 bridgehead atoms. The molecule has 0 saturated carbocycles. The number of rotatable bonds is 8. The molecule has 0 radical (unpaired) electrons.